The molecule has 0 heterocycles. The molecule has 3 nitrogen and oxygen atoms in total. The lowest BCUT2D eigenvalue weighted by Gasteiger charge is -2.19. The molecule has 3 heteroatoms. The summed E-state index contributed by atoms with van der Waals surface area (Å²) in [5.74, 6) is -0.871. The van der Waals surface area contributed by atoms with Crippen LogP contribution in [0.25, 0.3) is 0 Å². The van der Waals surface area contributed by atoms with E-state index in [4.69, 9.17) is 5.11 Å². The fourth-order valence-electron chi connectivity index (χ4n) is 1.58. The molecule has 0 radical (unpaired) electrons. The first-order chi connectivity index (χ1) is 6.57. The number of nitrogens with zero attached hydrogens (tertiary/aromatic N) is 1. The second-order valence-electron chi connectivity index (χ2n) is 3.37. The van der Waals surface area contributed by atoms with Gasteiger partial charge in [0.15, 0.2) is 0 Å². The van der Waals surface area contributed by atoms with Crippen LogP contribution < -0.4 is 4.90 Å². The summed E-state index contributed by atoms with van der Waals surface area (Å²) < 4.78 is 0. The summed E-state index contributed by atoms with van der Waals surface area (Å²) in [6.45, 7) is 2.02. The van der Waals surface area contributed by atoms with Crippen LogP contribution in [0.5, 0.6) is 0 Å². The van der Waals surface area contributed by atoms with Crippen molar-refractivity contribution in [2.24, 2.45) is 0 Å². The van der Waals surface area contributed by atoms with Gasteiger partial charge in [0, 0.05) is 14.1 Å². The predicted octanol–water partition coefficient (Wildman–Crippen LogP) is 2.01. The zero-order chi connectivity index (χ0) is 10.7. The van der Waals surface area contributed by atoms with Crippen LogP contribution in [0.3, 0.4) is 0 Å². The zero-order valence-corrected chi connectivity index (χ0v) is 8.74. The number of carboxylic acids is 1. The summed E-state index contributed by atoms with van der Waals surface area (Å²) in [5.41, 5.74) is 2.24. The number of rotatable bonds is 3. The van der Waals surface area contributed by atoms with Crippen molar-refractivity contribution in [3.63, 3.8) is 0 Å². The van der Waals surface area contributed by atoms with Crippen LogP contribution >= 0.6 is 0 Å². The van der Waals surface area contributed by atoms with Crippen LogP contribution in [-0.2, 0) is 6.42 Å². The number of hydrogen-bond acceptors (Lipinski definition) is 2. The van der Waals surface area contributed by atoms with E-state index in [0.29, 0.717) is 5.56 Å². The number of carbonyl (C=O) groups is 1. The highest BCUT2D eigenvalue weighted by Gasteiger charge is 2.13. The highest BCUT2D eigenvalue weighted by molar-refractivity contribution is 5.95. The molecule has 14 heavy (non-hydrogen) atoms. The van der Waals surface area contributed by atoms with Crippen molar-refractivity contribution in [3.8, 4) is 0 Å². The largest absolute Gasteiger partial charge is 0.478 e. The standard InChI is InChI=1S/C11H15NO2/c1-4-8-6-5-7-9(11(13)14)10(8)12(2)3/h5-7H,4H2,1-3H3,(H,13,14). The molecule has 1 aromatic rings. The van der Waals surface area contributed by atoms with E-state index in [1.807, 2.05) is 32.0 Å². The second-order valence-corrected chi connectivity index (χ2v) is 3.37. The van der Waals surface area contributed by atoms with Crippen molar-refractivity contribution < 1.29 is 9.90 Å². The third kappa shape index (κ3) is 1.87. The average Bonchev–Trinajstić information content (AvgIpc) is 2.16. The topological polar surface area (TPSA) is 40.5 Å². The highest BCUT2D eigenvalue weighted by atomic mass is 16.4. The maximum absolute atomic E-state index is 11.0. The fourth-order valence-corrected chi connectivity index (χ4v) is 1.58. The van der Waals surface area contributed by atoms with Gasteiger partial charge in [0.2, 0.25) is 0 Å². The zero-order valence-electron chi connectivity index (χ0n) is 8.74. The Balaban J connectivity index is 3.35. The number of hydrogen-bond donors (Lipinski definition) is 1. The molecular weight excluding hydrogens is 178 g/mol. The summed E-state index contributed by atoms with van der Waals surface area (Å²) in [4.78, 5) is 12.8. The number of anilines is 1. The summed E-state index contributed by atoms with van der Waals surface area (Å²) in [6.07, 6.45) is 0.842. The summed E-state index contributed by atoms with van der Waals surface area (Å²) >= 11 is 0. The monoisotopic (exact) mass is 193 g/mol. The molecule has 0 saturated carbocycles. The van der Waals surface area contributed by atoms with Gasteiger partial charge in [0.25, 0.3) is 0 Å². The van der Waals surface area contributed by atoms with Crippen molar-refractivity contribution in [2.75, 3.05) is 19.0 Å². The van der Waals surface area contributed by atoms with E-state index >= 15 is 0 Å². The number of benzene rings is 1. The molecule has 0 amide bonds. The number of aryl methyl sites for hydroxylation is 1. The van der Waals surface area contributed by atoms with Crippen molar-refractivity contribution in [3.05, 3.63) is 29.3 Å². The van der Waals surface area contributed by atoms with Crippen molar-refractivity contribution in [1.82, 2.24) is 0 Å². The second kappa shape index (κ2) is 4.13. The molecular formula is C11H15NO2. The first-order valence-corrected chi connectivity index (χ1v) is 4.60. The maximum atomic E-state index is 11.0. The molecule has 0 spiro atoms. The van der Waals surface area contributed by atoms with Gasteiger partial charge in [0.05, 0.1) is 11.3 Å². The van der Waals surface area contributed by atoms with Gasteiger partial charge < -0.3 is 10.0 Å². The van der Waals surface area contributed by atoms with Crippen molar-refractivity contribution in [2.45, 2.75) is 13.3 Å². The predicted molar refractivity (Wildman–Crippen MR) is 57.1 cm³/mol. The van der Waals surface area contributed by atoms with E-state index in [2.05, 4.69) is 0 Å². The minimum Gasteiger partial charge on any atom is -0.478 e. The fraction of sp³-hybridized carbons (Fsp3) is 0.364. The van der Waals surface area contributed by atoms with E-state index in [0.717, 1.165) is 17.7 Å². The van der Waals surface area contributed by atoms with Crippen LogP contribution in [0.15, 0.2) is 18.2 Å². The number of para-hydroxylation sites is 1. The molecule has 0 atom stereocenters. The quantitative estimate of drug-likeness (QED) is 0.798. The van der Waals surface area contributed by atoms with Gasteiger partial charge in [-0.25, -0.2) is 4.79 Å². The molecule has 1 rings (SSSR count). The Bertz CT molecular complexity index is 345. The maximum Gasteiger partial charge on any atom is 0.337 e. The van der Waals surface area contributed by atoms with Crippen molar-refractivity contribution in [1.29, 1.82) is 0 Å². The summed E-state index contributed by atoms with van der Waals surface area (Å²) in [6, 6.07) is 5.38. The minimum absolute atomic E-state index is 0.370. The molecule has 0 bridgehead atoms. The van der Waals surface area contributed by atoms with Crippen LogP contribution in [0.2, 0.25) is 0 Å². The van der Waals surface area contributed by atoms with Gasteiger partial charge >= 0.3 is 5.97 Å². The molecule has 76 valence electrons. The minimum atomic E-state index is -0.871. The Morgan fingerprint density at radius 1 is 1.43 bits per heavy atom. The van der Waals surface area contributed by atoms with E-state index in [-0.39, 0.29) is 0 Å². The van der Waals surface area contributed by atoms with Crippen LogP contribution in [-0.4, -0.2) is 25.2 Å². The van der Waals surface area contributed by atoms with Gasteiger partial charge in [-0.1, -0.05) is 19.1 Å². The Hall–Kier alpha value is -1.51. The molecule has 1 N–H and O–H groups in total. The molecule has 1 aromatic carbocycles. The normalized spacial score (nSPS) is 9.93. The number of carboxylic acid groups (broad SMARTS) is 1. The third-order valence-corrected chi connectivity index (χ3v) is 2.18. The smallest absolute Gasteiger partial charge is 0.337 e. The van der Waals surface area contributed by atoms with Gasteiger partial charge in [0.1, 0.15) is 0 Å². The van der Waals surface area contributed by atoms with E-state index < -0.39 is 5.97 Å². The van der Waals surface area contributed by atoms with Crippen LogP contribution in [0.1, 0.15) is 22.8 Å². The first kappa shape index (κ1) is 10.6. The molecule has 0 fully saturated rings. The third-order valence-electron chi connectivity index (χ3n) is 2.18. The van der Waals surface area contributed by atoms with Gasteiger partial charge in [-0.05, 0) is 18.1 Å². The molecule has 0 aliphatic heterocycles. The lowest BCUT2D eigenvalue weighted by atomic mass is 10.0. The van der Waals surface area contributed by atoms with Gasteiger partial charge in [-0.15, -0.1) is 0 Å². The Morgan fingerprint density at radius 3 is 2.50 bits per heavy atom. The Labute approximate surface area is 84.0 Å². The molecule has 0 aliphatic carbocycles. The van der Waals surface area contributed by atoms with Crippen LogP contribution in [0, 0.1) is 0 Å². The first-order valence-electron chi connectivity index (χ1n) is 4.60. The Morgan fingerprint density at radius 2 is 2.07 bits per heavy atom. The molecule has 0 aliphatic rings. The SMILES string of the molecule is CCc1cccc(C(=O)O)c1N(C)C. The van der Waals surface area contributed by atoms with E-state index in [1.165, 1.54) is 0 Å². The van der Waals surface area contributed by atoms with E-state index in [9.17, 15) is 4.79 Å². The Kier molecular flexibility index (Phi) is 3.12. The van der Waals surface area contributed by atoms with Gasteiger partial charge in [-0.3, -0.25) is 0 Å². The molecule has 0 saturated heterocycles. The number of aromatic carboxylic acids is 1. The lowest BCUT2D eigenvalue weighted by molar-refractivity contribution is 0.0697. The average molecular weight is 193 g/mol. The van der Waals surface area contributed by atoms with Crippen LogP contribution in [0.4, 0.5) is 5.69 Å². The van der Waals surface area contributed by atoms with E-state index in [1.54, 1.807) is 12.1 Å². The van der Waals surface area contributed by atoms with Crippen molar-refractivity contribution >= 4 is 11.7 Å². The molecule has 0 aromatic heterocycles. The van der Waals surface area contributed by atoms with Gasteiger partial charge in [-0.2, -0.15) is 0 Å². The molecule has 0 unspecified atom stereocenters. The summed E-state index contributed by atoms with van der Waals surface area (Å²) in [5, 5.41) is 9.01. The summed E-state index contributed by atoms with van der Waals surface area (Å²) in [7, 11) is 3.72. The highest BCUT2D eigenvalue weighted by Crippen LogP contribution is 2.24. The lowest BCUT2D eigenvalue weighted by Crippen LogP contribution is -2.16.